The number of hydrogen-bond donors (Lipinski definition) is 2. The smallest absolute Gasteiger partial charge is 0.279 e. The van der Waals surface area contributed by atoms with Gasteiger partial charge >= 0.3 is 0 Å². The monoisotopic (exact) mass is 275 g/mol. The van der Waals surface area contributed by atoms with Crippen molar-refractivity contribution in [3.63, 3.8) is 0 Å². The predicted octanol–water partition coefficient (Wildman–Crippen LogP) is 0.856. The van der Waals surface area contributed by atoms with Gasteiger partial charge in [-0.3, -0.25) is 4.79 Å². The Hall–Kier alpha value is -1.39. The topological polar surface area (TPSA) is 54.9 Å². The number of aryl methyl sites for hydroxylation is 2. The van der Waals surface area contributed by atoms with Crippen LogP contribution in [-0.2, 0) is 22.4 Å². The molecule has 1 fully saturated rings. The van der Waals surface area contributed by atoms with Crippen LogP contribution in [0.25, 0.3) is 0 Å². The van der Waals surface area contributed by atoms with E-state index in [1.165, 1.54) is 24.0 Å². The number of anilines is 1. The number of nitrogens with two attached hydrogens (primary N) is 1. The maximum Gasteiger partial charge on any atom is 0.279 e. The van der Waals surface area contributed by atoms with Crippen LogP contribution in [0.3, 0.4) is 0 Å². The molecule has 1 aliphatic carbocycles. The number of hydrogen-bond acceptors (Lipinski definition) is 2. The van der Waals surface area contributed by atoms with Crippen molar-refractivity contribution in [1.29, 1.82) is 0 Å². The second-order valence-electron chi connectivity index (χ2n) is 5.75. The van der Waals surface area contributed by atoms with Gasteiger partial charge in [0.05, 0.1) is 0 Å². The SMILES string of the molecule is O=C(C[NH2+]C[C@H]1CCCO1)Nc1ccc2c(c1)CCC2. The van der Waals surface area contributed by atoms with Crippen molar-refractivity contribution >= 4 is 11.6 Å². The van der Waals surface area contributed by atoms with E-state index in [2.05, 4.69) is 17.4 Å². The molecule has 4 nitrogen and oxygen atoms in total. The Morgan fingerprint density at radius 2 is 2.20 bits per heavy atom. The lowest BCUT2D eigenvalue weighted by atomic mass is 10.1. The zero-order chi connectivity index (χ0) is 13.8. The second kappa shape index (κ2) is 6.37. The molecule has 0 spiro atoms. The van der Waals surface area contributed by atoms with Crippen LogP contribution in [0.1, 0.15) is 30.4 Å². The van der Waals surface area contributed by atoms with Crippen molar-refractivity contribution in [2.75, 3.05) is 25.0 Å². The molecule has 0 bridgehead atoms. The van der Waals surface area contributed by atoms with E-state index < -0.39 is 0 Å². The largest absolute Gasteiger partial charge is 0.372 e. The van der Waals surface area contributed by atoms with Gasteiger partial charge in [0.15, 0.2) is 6.54 Å². The fraction of sp³-hybridized carbons (Fsp3) is 0.562. The van der Waals surface area contributed by atoms with Gasteiger partial charge in [0.1, 0.15) is 12.6 Å². The van der Waals surface area contributed by atoms with E-state index in [-0.39, 0.29) is 5.91 Å². The van der Waals surface area contributed by atoms with Gasteiger partial charge in [-0.2, -0.15) is 0 Å². The van der Waals surface area contributed by atoms with E-state index in [0.717, 1.165) is 38.1 Å². The van der Waals surface area contributed by atoms with E-state index >= 15 is 0 Å². The van der Waals surface area contributed by atoms with Crippen LogP contribution in [0.2, 0.25) is 0 Å². The summed E-state index contributed by atoms with van der Waals surface area (Å²) in [6.07, 6.45) is 6.18. The average Bonchev–Trinajstić information content (AvgIpc) is 3.08. The highest BCUT2D eigenvalue weighted by Crippen LogP contribution is 2.24. The first-order valence-corrected chi connectivity index (χ1v) is 7.66. The molecule has 1 saturated heterocycles. The highest BCUT2D eigenvalue weighted by molar-refractivity contribution is 5.91. The van der Waals surface area contributed by atoms with Gasteiger partial charge in [0, 0.05) is 12.3 Å². The lowest BCUT2D eigenvalue weighted by molar-refractivity contribution is -0.649. The summed E-state index contributed by atoms with van der Waals surface area (Å²) < 4.78 is 5.54. The normalized spacial score (nSPS) is 20.9. The van der Waals surface area contributed by atoms with E-state index in [4.69, 9.17) is 4.74 Å². The number of ether oxygens (including phenoxy) is 1. The minimum Gasteiger partial charge on any atom is -0.372 e. The summed E-state index contributed by atoms with van der Waals surface area (Å²) in [5.74, 6) is 0.0703. The first-order valence-electron chi connectivity index (χ1n) is 7.66. The third-order valence-corrected chi connectivity index (χ3v) is 4.17. The third-order valence-electron chi connectivity index (χ3n) is 4.17. The van der Waals surface area contributed by atoms with Crippen LogP contribution in [-0.4, -0.2) is 31.7 Å². The minimum absolute atomic E-state index is 0.0703. The summed E-state index contributed by atoms with van der Waals surface area (Å²) >= 11 is 0. The molecule has 0 radical (unpaired) electrons. The number of benzene rings is 1. The molecule has 3 rings (SSSR count). The van der Waals surface area contributed by atoms with Gasteiger partial charge in [-0.05, 0) is 55.4 Å². The molecular formula is C16H23N2O2+. The van der Waals surface area contributed by atoms with Crippen molar-refractivity contribution in [2.24, 2.45) is 0 Å². The summed E-state index contributed by atoms with van der Waals surface area (Å²) in [4.78, 5) is 11.9. The fourth-order valence-corrected chi connectivity index (χ4v) is 3.09. The van der Waals surface area contributed by atoms with Gasteiger partial charge in [-0.15, -0.1) is 0 Å². The van der Waals surface area contributed by atoms with Crippen LogP contribution < -0.4 is 10.6 Å². The number of fused-ring (bicyclic) bond motifs is 1. The van der Waals surface area contributed by atoms with Crippen LogP contribution >= 0.6 is 0 Å². The number of carbonyl (C=O) groups excluding carboxylic acids is 1. The van der Waals surface area contributed by atoms with Crippen LogP contribution in [0.4, 0.5) is 5.69 Å². The Morgan fingerprint density at radius 1 is 1.30 bits per heavy atom. The molecule has 1 amide bonds. The number of amides is 1. The van der Waals surface area contributed by atoms with Crippen molar-refractivity contribution in [1.82, 2.24) is 0 Å². The van der Waals surface area contributed by atoms with Crippen molar-refractivity contribution in [3.8, 4) is 0 Å². The van der Waals surface area contributed by atoms with E-state index in [1.807, 2.05) is 11.4 Å². The molecule has 1 aliphatic heterocycles. The molecule has 0 saturated carbocycles. The highest BCUT2D eigenvalue weighted by atomic mass is 16.5. The zero-order valence-corrected chi connectivity index (χ0v) is 11.9. The predicted molar refractivity (Wildman–Crippen MR) is 77.7 cm³/mol. The summed E-state index contributed by atoms with van der Waals surface area (Å²) in [6, 6.07) is 6.29. The first-order chi connectivity index (χ1) is 9.81. The molecule has 4 heteroatoms. The summed E-state index contributed by atoms with van der Waals surface area (Å²) in [5.41, 5.74) is 3.76. The maximum absolute atomic E-state index is 11.9. The van der Waals surface area contributed by atoms with E-state index in [9.17, 15) is 4.79 Å². The summed E-state index contributed by atoms with van der Waals surface area (Å²) in [5, 5.41) is 5.03. The molecule has 1 heterocycles. The second-order valence-corrected chi connectivity index (χ2v) is 5.75. The van der Waals surface area contributed by atoms with E-state index in [0.29, 0.717) is 12.6 Å². The van der Waals surface area contributed by atoms with Crippen molar-refractivity contribution in [3.05, 3.63) is 29.3 Å². The first kappa shape index (κ1) is 13.6. The molecule has 2 aliphatic rings. The van der Waals surface area contributed by atoms with Gasteiger partial charge < -0.3 is 15.4 Å². The minimum atomic E-state index is 0.0703. The molecule has 1 aromatic carbocycles. The Balaban J connectivity index is 1.44. The number of quaternary nitrogens is 1. The van der Waals surface area contributed by atoms with Gasteiger partial charge in [0.2, 0.25) is 0 Å². The van der Waals surface area contributed by atoms with Gasteiger partial charge in [-0.1, -0.05) is 6.07 Å². The number of carbonyl (C=O) groups is 1. The molecule has 108 valence electrons. The Labute approximate surface area is 119 Å². The maximum atomic E-state index is 11.9. The highest BCUT2D eigenvalue weighted by Gasteiger charge is 2.17. The van der Waals surface area contributed by atoms with Crippen LogP contribution in [0.5, 0.6) is 0 Å². The van der Waals surface area contributed by atoms with Crippen LogP contribution in [0, 0.1) is 0 Å². The summed E-state index contributed by atoms with van der Waals surface area (Å²) in [6.45, 7) is 2.23. The van der Waals surface area contributed by atoms with Crippen LogP contribution in [0.15, 0.2) is 18.2 Å². The van der Waals surface area contributed by atoms with E-state index in [1.54, 1.807) is 0 Å². The molecule has 0 unspecified atom stereocenters. The van der Waals surface area contributed by atoms with Gasteiger partial charge in [-0.25, -0.2) is 0 Å². The lowest BCUT2D eigenvalue weighted by Crippen LogP contribution is -2.88. The Kier molecular flexibility index (Phi) is 4.33. The Bertz CT molecular complexity index is 481. The molecule has 1 aromatic rings. The van der Waals surface area contributed by atoms with Crippen molar-refractivity contribution in [2.45, 2.75) is 38.2 Å². The standard InChI is InChI=1S/C16H22N2O2/c19-16(11-17-10-15-5-2-8-20-15)18-14-7-6-12-3-1-4-13(12)9-14/h6-7,9,15,17H,1-5,8,10-11H2,(H,18,19)/p+1/t15-/m1/s1. The molecule has 3 N–H and O–H groups in total. The Morgan fingerprint density at radius 3 is 3.05 bits per heavy atom. The molecule has 1 atom stereocenters. The molecular weight excluding hydrogens is 252 g/mol. The number of nitrogens with one attached hydrogen (secondary N) is 1. The van der Waals surface area contributed by atoms with Gasteiger partial charge in [0.25, 0.3) is 5.91 Å². The van der Waals surface area contributed by atoms with Crippen molar-refractivity contribution < 1.29 is 14.8 Å². The third kappa shape index (κ3) is 3.38. The number of rotatable bonds is 5. The fourth-order valence-electron chi connectivity index (χ4n) is 3.09. The molecule has 20 heavy (non-hydrogen) atoms. The summed E-state index contributed by atoms with van der Waals surface area (Å²) in [7, 11) is 0. The average molecular weight is 275 g/mol. The lowest BCUT2D eigenvalue weighted by Gasteiger charge is -2.09. The molecule has 0 aromatic heterocycles. The quantitative estimate of drug-likeness (QED) is 0.837. The zero-order valence-electron chi connectivity index (χ0n) is 11.9.